The number of halogens is 1. The van der Waals surface area contributed by atoms with Crippen molar-refractivity contribution in [1.29, 1.82) is 0 Å². The first-order valence-electron chi connectivity index (χ1n) is 4.94. The van der Waals surface area contributed by atoms with E-state index in [1.54, 1.807) is 11.3 Å². The molecule has 0 saturated carbocycles. The number of nitrogens with zero attached hydrogens (tertiary/aromatic N) is 4. The van der Waals surface area contributed by atoms with Gasteiger partial charge in [-0.3, -0.25) is 4.90 Å². The zero-order chi connectivity index (χ0) is 11.1. The molecule has 0 atom stereocenters. The summed E-state index contributed by atoms with van der Waals surface area (Å²) in [6, 6.07) is 0. The van der Waals surface area contributed by atoms with Crippen molar-refractivity contribution < 1.29 is 0 Å². The molecule has 0 aromatic carbocycles. The van der Waals surface area contributed by atoms with Gasteiger partial charge >= 0.3 is 0 Å². The third-order valence-corrected chi connectivity index (χ3v) is 4.39. The number of hydrogen-bond acceptors (Lipinski definition) is 5. The van der Waals surface area contributed by atoms with E-state index in [0.29, 0.717) is 0 Å². The Labute approximate surface area is 102 Å². The molecule has 0 spiro atoms. The number of hydrogen-bond donors (Lipinski definition) is 0. The van der Waals surface area contributed by atoms with Gasteiger partial charge in [0, 0.05) is 25.2 Å². The third kappa shape index (κ3) is 2.32. The Balaban J connectivity index is 2.13. The number of aromatic nitrogens is 2. The molecule has 1 aromatic heterocycles. The summed E-state index contributed by atoms with van der Waals surface area (Å²) >= 11 is 4.95. The average molecular weight is 291 g/mol. The molecule has 1 fully saturated rings. The van der Waals surface area contributed by atoms with E-state index in [-0.39, 0.29) is 5.54 Å². The zero-order valence-corrected chi connectivity index (χ0v) is 11.6. The average Bonchev–Trinajstić information content (AvgIpc) is 2.57. The molecule has 0 bridgehead atoms. The van der Waals surface area contributed by atoms with Crippen LogP contribution >= 0.6 is 27.3 Å². The van der Waals surface area contributed by atoms with Crippen molar-refractivity contribution in [3.8, 4) is 0 Å². The summed E-state index contributed by atoms with van der Waals surface area (Å²) in [4.78, 5) is 4.70. The van der Waals surface area contributed by atoms with E-state index in [9.17, 15) is 0 Å². The first-order chi connectivity index (χ1) is 6.99. The van der Waals surface area contributed by atoms with Gasteiger partial charge in [0.2, 0.25) is 5.13 Å². The summed E-state index contributed by atoms with van der Waals surface area (Å²) in [6.45, 7) is 7.63. The van der Waals surface area contributed by atoms with Crippen LogP contribution in [0.25, 0.3) is 0 Å². The Kier molecular flexibility index (Phi) is 3.00. The molecule has 0 N–H and O–H groups in total. The van der Waals surface area contributed by atoms with Crippen molar-refractivity contribution in [1.82, 2.24) is 15.1 Å². The van der Waals surface area contributed by atoms with Gasteiger partial charge in [0.15, 0.2) is 3.92 Å². The van der Waals surface area contributed by atoms with E-state index in [1.165, 1.54) is 0 Å². The molecule has 0 amide bonds. The molecule has 1 saturated heterocycles. The van der Waals surface area contributed by atoms with Crippen LogP contribution in [0.2, 0.25) is 0 Å². The molecule has 6 heteroatoms. The normalized spacial score (nSPS) is 22.0. The fourth-order valence-corrected chi connectivity index (χ4v) is 2.84. The van der Waals surface area contributed by atoms with E-state index in [0.717, 1.165) is 28.7 Å². The number of anilines is 1. The Morgan fingerprint density at radius 2 is 2.07 bits per heavy atom. The lowest BCUT2D eigenvalue weighted by Crippen LogP contribution is -2.57. The van der Waals surface area contributed by atoms with Gasteiger partial charge in [0.05, 0.1) is 0 Å². The molecule has 4 nitrogen and oxygen atoms in total. The second-order valence-corrected chi connectivity index (χ2v) is 6.73. The molecular formula is C9H15BrN4S. The van der Waals surface area contributed by atoms with Crippen molar-refractivity contribution >= 4 is 32.4 Å². The predicted octanol–water partition coefficient (Wildman–Crippen LogP) is 1.83. The molecule has 15 heavy (non-hydrogen) atoms. The molecule has 1 aromatic rings. The standard InChI is InChI=1S/C9H15BrN4S/c1-9(2)6-14(5-4-13(9)3)8-12-11-7(10)15-8/h4-6H2,1-3H3. The van der Waals surface area contributed by atoms with Gasteiger partial charge in [-0.05, 0) is 36.8 Å². The summed E-state index contributed by atoms with van der Waals surface area (Å²) in [5.41, 5.74) is 0.205. The van der Waals surface area contributed by atoms with Crippen LogP contribution in [0.4, 0.5) is 5.13 Å². The van der Waals surface area contributed by atoms with Crippen LogP contribution in [-0.2, 0) is 0 Å². The summed E-state index contributed by atoms with van der Waals surface area (Å²) in [5.74, 6) is 0. The molecule has 1 aliphatic heterocycles. The van der Waals surface area contributed by atoms with Crippen molar-refractivity contribution in [2.24, 2.45) is 0 Å². The lowest BCUT2D eigenvalue weighted by Gasteiger charge is -2.45. The smallest absolute Gasteiger partial charge is 0.209 e. The monoisotopic (exact) mass is 290 g/mol. The third-order valence-electron chi connectivity index (χ3n) is 2.98. The summed E-state index contributed by atoms with van der Waals surface area (Å²) < 4.78 is 0.856. The molecule has 0 aliphatic carbocycles. The Morgan fingerprint density at radius 1 is 1.33 bits per heavy atom. The fourth-order valence-electron chi connectivity index (χ4n) is 1.73. The Hall–Kier alpha value is -0.200. The first-order valence-corrected chi connectivity index (χ1v) is 6.55. The largest absolute Gasteiger partial charge is 0.344 e. The van der Waals surface area contributed by atoms with E-state index in [2.05, 4.69) is 56.8 Å². The maximum absolute atomic E-state index is 4.16. The minimum atomic E-state index is 0.205. The number of piperazine rings is 1. The van der Waals surface area contributed by atoms with Crippen molar-refractivity contribution in [2.75, 3.05) is 31.6 Å². The Bertz CT molecular complexity index is 352. The SMILES string of the molecule is CN1CCN(c2nnc(Br)s2)CC1(C)C. The summed E-state index contributed by atoms with van der Waals surface area (Å²) in [6.07, 6.45) is 0. The first kappa shape index (κ1) is 11.3. The minimum absolute atomic E-state index is 0.205. The van der Waals surface area contributed by atoms with Crippen molar-refractivity contribution in [3.05, 3.63) is 3.92 Å². The van der Waals surface area contributed by atoms with Crippen molar-refractivity contribution in [3.63, 3.8) is 0 Å². The molecule has 0 unspecified atom stereocenters. The van der Waals surface area contributed by atoms with E-state index < -0.39 is 0 Å². The van der Waals surface area contributed by atoms with Crippen LogP contribution < -0.4 is 4.90 Å². The van der Waals surface area contributed by atoms with Crippen LogP contribution in [0.3, 0.4) is 0 Å². The highest BCUT2D eigenvalue weighted by molar-refractivity contribution is 9.11. The molecule has 1 aliphatic rings. The van der Waals surface area contributed by atoms with Gasteiger partial charge in [-0.1, -0.05) is 11.3 Å². The van der Waals surface area contributed by atoms with E-state index in [1.807, 2.05) is 0 Å². The molecular weight excluding hydrogens is 276 g/mol. The quantitative estimate of drug-likeness (QED) is 0.790. The van der Waals surface area contributed by atoms with Gasteiger partial charge in [-0.25, -0.2) is 0 Å². The molecule has 2 rings (SSSR count). The van der Waals surface area contributed by atoms with Gasteiger partial charge in [-0.2, -0.15) is 0 Å². The second kappa shape index (κ2) is 3.99. The van der Waals surface area contributed by atoms with E-state index in [4.69, 9.17) is 0 Å². The van der Waals surface area contributed by atoms with Crippen LogP contribution in [0.5, 0.6) is 0 Å². The van der Waals surface area contributed by atoms with Gasteiger partial charge in [0.1, 0.15) is 0 Å². The lowest BCUT2D eigenvalue weighted by molar-refractivity contribution is 0.139. The molecule has 2 heterocycles. The van der Waals surface area contributed by atoms with Gasteiger partial charge in [-0.15, -0.1) is 10.2 Å². The second-order valence-electron chi connectivity index (χ2n) is 4.49. The van der Waals surface area contributed by atoms with Gasteiger partial charge < -0.3 is 4.90 Å². The van der Waals surface area contributed by atoms with Crippen molar-refractivity contribution in [2.45, 2.75) is 19.4 Å². The minimum Gasteiger partial charge on any atom is -0.344 e. The van der Waals surface area contributed by atoms with Crippen LogP contribution in [-0.4, -0.2) is 47.3 Å². The highest BCUT2D eigenvalue weighted by atomic mass is 79.9. The number of rotatable bonds is 1. The highest BCUT2D eigenvalue weighted by Crippen LogP contribution is 2.28. The number of likely N-dealkylation sites (N-methyl/N-ethyl adjacent to an activating group) is 1. The fraction of sp³-hybridized carbons (Fsp3) is 0.778. The van der Waals surface area contributed by atoms with E-state index >= 15 is 0 Å². The zero-order valence-electron chi connectivity index (χ0n) is 9.20. The maximum atomic E-state index is 4.16. The highest BCUT2D eigenvalue weighted by Gasteiger charge is 2.32. The topological polar surface area (TPSA) is 32.3 Å². The van der Waals surface area contributed by atoms with Crippen LogP contribution in [0.15, 0.2) is 3.92 Å². The molecule has 84 valence electrons. The Morgan fingerprint density at radius 3 is 2.60 bits per heavy atom. The predicted molar refractivity (Wildman–Crippen MR) is 66.5 cm³/mol. The maximum Gasteiger partial charge on any atom is 0.209 e. The van der Waals surface area contributed by atoms with Crippen LogP contribution in [0, 0.1) is 0 Å². The van der Waals surface area contributed by atoms with Crippen LogP contribution in [0.1, 0.15) is 13.8 Å². The molecule has 0 radical (unpaired) electrons. The van der Waals surface area contributed by atoms with Gasteiger partial charge in [0.25, 0.3) is 0 Å². The summed E-state index contributed by atoms with van der Waals surface area (Å²) in [5, 5.41) is 9.16. The lowest BCUT2D eigenvalue weighted by atomic mass is 10.0. The summed E-state index contributed by atoms with van der Waals surface area (Å²) in [7, 11) is 2.17.